The standard InChI is InChI=1S/C19H29N5O3.HI/c1-6-20-19(21-10-9-17-23-18(13(2)3)24-27-17)22-12-14-7-8-15(25-4)11-16(14)26-5;/h7-8,11,13H,6,9-10,12H2,1-5H3,(H2,20,21,22);1H. The highest BCUT2D eigenvalue weighted by atomic mass is 127. The lowest BCUT2D eigenvalue weighted by atomic mass is 10.2. The van der Waals surface area contributed by atoms with Crippen molar-refractivity contribution < 1.29 is 14.0 Å². The Kier molecular flexibility index (Phi) is 10.6. The molecule has 156 valence electrons. The molecular weight excluding hydrogens is 473 g/mol. The zero-order valence-electron chi connectivity index (χ0n) is 17.1. The van der Waals surface area contributed by atoms with Gasteiger partial charge in [0.15, 0.2) is 11.8 Å². The van der Waals surface area contributed by atoms with Gasteiger partial charge in [0.05, 0.1) is 20.8 Å². The monoisotopic (exact) mass is 503 g/mol. The Morgan fingerprint density at radius 2 is 2.00 bits per heavy atom. The molecule has 0 aliphatic carbocycles. The van der Waals surface area contributed by atoms with Crippen LogP contribution in [-0.4, -0.2) is 43.4 Å². The molecule has 1 heterocycles. The van der Waals surface area contributed by atoms with E-state index in [1.54, 1.807) is 14.2 Å². The summed E-state index contributed by atoms with van der Waals surface area (Å²) in [6.45, 7) is 8.00. The second-order valence-electron chi connectivity index (χ2n) is 6.25. The van der Waals surface area contributed by atoms with Crippen LogP contribution in [0.2, 0.25) is 0 Å². The van der Waals surface area contributed by atoms with Gasteiger partial charge in [-0.15, -0.1) is 24.0 Å². The van der Waals surface area contributed by atoms with Crippen LogP contribution in [-0.2, 0) is 13.0 Å². The highest BCUT2D eigenvalue weighted by Crippen LogP contribution is 2.25. The quantitative estimate of drug-likeness (QED) is 0.309. The molecule has 9 heteroatoms. The molecule has 0 unspecified atom stereocenters. The Labute approximate surface area is 183 Å². The molecule has 0 fully saturated rings. The largest absolute Gasteiger partial charge is 0.497 e. The first-order valence-corrected chi connectivity index (χ1v) is 9.12. The fraction of sp³-hybridized carbons (Fsp3) is 0.526. The minimum absolute atomic E-state index is 0. The van der Waals surface area contributed by atoms with Crippen LogP contribution in [0.25, 0.3) is 0 Å². The molecule has 0 atom stereocenters. The lowest BCUT2D eigenvalue weighted by Crippen LogP contribution is -2.38. The molecule has 28 heavy (non-hydrogen) atoms. The molecule has 1 aromatic carbocycles. The van der Waals surface area contributed by atoms with E-state index in [4.69, 9.17) is 14.0 Å². The molecule has 0 spiro atoms. The van der Waals surface area contributed by atoms with Crippen LogP contribution in [0.4, 0.5) is 0 Å². The number of ether oxygens (including phenoxy) is 2. The summed E-state index contributed by atoms with van der Waals surface area (Å²) < 4.78 is 15.9. The van der Waals surface area contributed by atoms with Crippen LogP contribution < -0.4 is 20.1 Å². The SMILES string of the molecule is CCNC(=NCc1ccc(OC)cc1OC)NCCc1nc(C(C)C)no1.I. The van der Waals surface area contributed by atoms with Gasteiger partial charge >= 0.3 is 0 Å². The summed E-state index contributed by atoms with van der Waals surface area (Å²) in [6, 6.07) is 5.71. The van der Waals surface area contributed by atoms with Crippen LogP contribution >= 0.6 is 24.0 Å². The van der Waals surface area contributed by atoms with Gasteiger partial charge in [-0.1, -0.05) is 19.0 Å². The highest BCUT2D eigenvalue weighted by Gasteiger charge is 2.10. The number of methoxy groups -OCH3 is 2. The summed E-state index contributed by atoms with van der Waals surface area (Å²) in [4.78, 5) is 9.00. The highest BCUT2D eigenvalue weighted by molar-refractivity contribution is 14.0. The van der Waals surface area contributed by atoms with Crippen molar-refractivity contribution in [3.8, 4) is 11.5 Å². The molecule has 0 amide bonds. The van der Waals surface area contributed by atoms with Crippen molar-refractivity contribution in [1.29, 1.82) is 0 Å². The Hall–Kier alpha value is -2.04. The summed E-state index contributed by atoms with van der Waals surface area (Å²) >= 11 is 0. The van der Waals surface area contributed by atoms with Gasteiger partial charge in [-0.3, -0.25) is 0 Å². The summed E-state index contributed by atoms with van der Waals surface area (Å²) in [5, 5.41) is 10.5. The van der Waals surface area contributed by atoms with Crippen molar-refractivity contribution in [3.63, 3.8) is 0 Å². The molecule has 8 nitrogen and oxygen atoms in total. The van der Waals surface area contributed by atoms with E-state index < -0.39 is 0 Å². The van der Waals surface area contributed by atoms with Gasteiger partial charge in [0.2, 0.25) is 5.89 Å². The lowest BCUT2D eigenvalue weighted by molar-refractivity contribution is 0.371. The average Bonchev–Trinajstić information content (AvgIpc) is 3.15. The van der Waals surface area contributed by atoms with Crippen molar-refractivity contribution in [2.45, 2.75) is 39.7 Å². The number of aliphatic imine (C=N–C) groups is 1. The van der Waals surface area contributed by atoms with Crippen LogP contribution in [0.3, 0.4) is 0 Å². The first kappa shape index (κ1) is 24.0. The number of rotatable bonds is 9. The number of aromatic nitrogens is 2. The normalized spacial score (nSPS) is 11.1. The Balaban J connectivity index is 0.00000392. The summed E-state index contributed by atoms with van der Waals surface area (Å²) in [5.41, 5.74) is 0.981. The van der Waals surface area contributed by atoms with E-state index in [0.717, 1.165) is 35.4 Å². The van der Waals surface area contributed by atoms with Crippen molar-refractivity contribution in [2.75, 3.05) is 27.3 Å². The predicted molar refractivity (Wildman–Crippen MR) is 120 cm³/mol. The van der Waals surface area contributed by atoms with E-state index in [1.807, 2.05) is 39.0 Å². The maximum atomic E-state index is 5.42. The van der Waals surface area contributed by atoms with E-state index in [9.17, 15) is 0 Å². The maximum absolute atomic E-state index is 5.42. The summed E-state index contributed by atoms with van der Waals surface area (Å²) in [5.74, 6) is 3.84. The summed E-state index contributed by atoms with van der Waals surface area (Å²) in [6.07, 6.45) is 0.635. The maximum Gasteiger partial charge on any atom is 0.228 e. The fourth-order valence-electron chi connectivity index (χ4n) is 2.38. The van der Waals surface area contributed by atoms with E-state index in [-0.39, 0.29) is 29.9 Å². The van der Waals surface area contributed by atoms with Gasteiger partial charge in [0.1, 0.15) is 11.5 Å². The Morgan fingerprint density at radius 3 is 2.61 bits per heavy atom. The third-order valence-electron chi connectivity index (χ3n) is 3.88. The number of guanidine groups is 1. The van der Waals surface area contributed by atoms with Crippen molar-refractivity contribution in [3.05, 3.63) is 35.5 Å². The van der Waals surface area contributed by atoms with Crippen LogP contribution in [0.15, 0.2) is 27.7 Å². The lowest BCUT2D eigenvalue weighted by Gasteiger charge is -2.12. The zero-order valence-corrected chi connectivity index (χ0v) is 19.4. The van der Waals surface area contributed by atoms with Gasteiger partial charge in [-0.05, 0) is 19.1 Å². The number of hydrogen-bond donors (Lipinski definition) is 2. The number of benzene rings is 1. The fourth-order valence-corrected chi connectivity index (χ4v) is 2.38. The Morgan fingerprint density at radius 1 is 1.21 bits per heavy atom. The molecule has 2 rings (SSSR count). The molecule has 0 aliphatic rings. The second-order valence-corrected chi connectivity index (χ2v) is 6.25. The first-order valence-electron chi connectivity index (χ1n) is 9.12. The van der Waals surface area contributed by atoms with Crippen LogP contribution in [0.5, 0.6) is 11.5 Å². The van der Waals surface area contributed by atoms with E-state index >= 15 is 0 Å². The van der Waals surface area contributed by atoms with Crippen molar-refractivity contribution in [1.82, 2.24) is 20.8 Å². The molecular formula is C19H30IN5O3. The van der Waals surface area contributed by atoms with E-state index in [0.29, 0.717) is 25.4 Å². The topological polar surface area (TPSA) is 93.8 Å². The molecule has 0 saturated carbocycles. The molecule has 2 N–H and O–H groups in total. The van der Waals surface area contributed by atoms with E-state index in [2.05, 4.69) is 25.8 Å². The zero-order chi connectivity index (χ0) is 19.6. The number of nitrogens with one attached hydrogen (secondary N) is 2. The van der Waals surface area contributed by atoms with Gasteiger partial charge in [0, 0.05) is 37.1 Å². The molecule has 0 saturated heterocycles. The van der Waals surface area contributed by atoms with Gasteiger partial charge in [0.25, 0.3) is 0 Å². The first-order chi connectivity index (χ1) is 13.1. The van der Waals surface area contributed by atoms with Crippen molar-refractivity contribution >= 4 is 29.9 Å². The average molecular weight is 503 g/mol. The van der Waals surface area contributed by atoms with E-state index in [1.165, 1.54) is 0 Å². The smallest absolute Gasteiger partial charge is 0.228 e. The third kappa shape index (κ3) is 7.17. The number of nitrogens with zero attached hydrogens (tertiary/aromatic N) is 3. The third-order valence-corrected chi connectivity index (χ3v) is 3.88. The second kappa shape index (κ2) is 12.4. The minimum atomic E-state index is 0. The molecule has 0 bridgehead atoms. The molecule has 2 aromatic rings. The molecule has 0 aliphatic heterocycles. The minimum Gasteiger partial charge on any atom is -0.497 e. The Bertz CT molecular complexity index is 749. The molecule has 1 aromatic heterocycles. The van der Waals surface area contributed by atoms with Crippen LogP contribution in [0.1, 0.15) is 44.0 Å². The molecule has 0 radical (unpaired) electrons. The van der Waals surface area contributed by atoms with Crippen LogP contribution in [0, 0.1) is 0 Å². The number of hydrogen-bond acceptors (Lipinski definition) is 6. The van der Waals surface area contributed by atoms with Gasteiger partial charge < -0.3 is 24.6 Å². The summed E-state index contributed by atoms with van der Waals surface area (Å²) in [7, 11) is 3.27. The predicted octanol–water partition coefficient (Wildman–Crippen LogP) is 3.13. The van der Waals surface area contributed by atoms with Crippen molar-refractivity contribution in [2.24, 2.45) is 4.99 Å². The van der Waals surface area contributed by atoms with Gasteiger partial charge in [-0.25, -0.2) is 4.99 Å². The van der Waals surface area contributed by atoms with Gasteiger partial charge in [-0.2, -0.15) is 4.98 Å². The number of halogens is 1.